The van der Waals surface area contributed by atoms with Crippen molar-refractivity contribution in [2.45, 2.75) is 25.6 Å². The standard InChI is InChI=1S/C12H16F4N2O/c1-2-18-11(4-6-19-8-12(14,15)16)9-3-5-17-7-10(9)13/h3,5,7,11,18H,2,4,6,8H2,1H3. The molecular formula is C12H16F4N2O. The van der Waals surface area contributed by atoms with E-state index in [2.05, 4.69) is 15.0 Å². The van der Waals surface area contributed by atoms with Crippen LogP contribution >= 0.6 is 0 Å². The number of nitrogens with one attached hydrogen (secondary N) is 1. The van der Waals surface area contributed by atoms with Gasteiger partial charge in [-0.25, -0.2) is 4.39 Å². The lowest BCUT2D eigenvalue weighted by molar-refractivity contribution is -0.174. The average Bonchev–Trinajstić information content (AvgIpc) is 2.33. The molecule has 1 N–H and O–H groups in total. The van der Waals surface area contributed by atoms with Crippen LogP contribution in [0.5, 0.6) is 0 Å². The third-order valence-corrected chi connectivity index (χ3v) is 2.45. The number of ether oxygens (including phenoxy) is 1. The Labute approximate surface area is 109 Å². The van der Waals surface area contributed by atoms with Gasteiger partial charge in [-0.05, 0) is 19.0 Å². The lowest BCUT2D eigenvalue weighted by Crippen LogP contribution is -2.25. The molecule has 0 aliphatic heterocycles. The highest BCUT2D eigenvalue weighted by Crippen LogP contribution is 2.20. The number of rotatable bonds is 7. The molecule has 1 atom stereocenters. The monoisotopic (exact) mass is 280 g/mol. The summed E-state index contributed by atoms with van der Waals surface area (Å²) in [5.74, 6) is -0.482. The van der Waals surface area contributed by atoms with Crippen molar-refractivity contribution >= 4 is 0 Å². The smallest absolute Gasteiger partial charge is 0.372 e. The number of aromatic nitrogens is 1. The Bertz CT molecular complexity index is 384. The highest BCUT2D eigenvalue weighted by atomic mass is 19.4. The van der Waals surface area contributed by atoms with Crippen molar-refractivity contribution in [2.75, 3.05) is 19.8 Å². The summed E-state index contributed by atoms with van der Waals surface area (Å²) in [6.45, 7) is 1.03. The van der Waals surface area contributed by atoms with Gasteiger partial charge in [0.05, 0.1) is 6.20 Å². The zero-order valence-corrected chi connectivity index (χ0v) is 10.5. The summed E-state index contributed by atoms with van der Waals surface area (Å²) < 4.78 is 53.8. The first-order valence-electron chi connectivity index (χ1n) is 5.91. The van der Waals surface area contributed by atoms with Crippen molar-refractivity contribution in [2.24, 2.45) is 0 Å². The van der Waals surface area contributed by atoms with Gasteiger partial charge in [0, 0.05) is 24.4 Å². The van der Waals surface area contributed by atoms with Gasteiger partial charge in [-0.1, -0.05) is 6.92 Å². The fourth-order valence-corrected chi connectivity index (χ4v) is 1.67. The quantitative estimate of drug-likeness (QED) is 0.616. The van der Waals surface area contributed by atoms with Gasteiger partial charge in [0.25, 0.3) is 0 Å². The normalized spacial score (nSPS) is 13.5. The maximum Gasteiger partial charge on any atom is 0.411 e. The van der Waals surface area contributed by atoms with E-state index < -0.39 is 18.6 Å². The third kappa shape index (κ3) is 5.98. The van der Waals surface area contributed by atoms with Gasteiger partial charge in [-0.3, -0.25) is 4.98 Å². The molecule has 0 fully saturated rings. The van der Waals surface area contributed by atoms with E-state index in [-0.39, 0.29) is 19.1 Å². The van der Waals surface area contributed by atoms with Gasteiger partial charge in [-0.2, -0.15) is 13.2 Å². The predicted molar refractivity (Wildman–Crippen MR) is 62.1 cm³/mol. The molecule has 1 heterocycles. The molecule has 0 aliphatic carbocycles. The minimum Gasteiger partial charge on any atom is -0.372 e. The fourth-order valence-electron chi connectivity index (χ4n) is 1.67. The molecule has 108 valence electrons. The third-order valence-electron chi connectivity index (χ3n) is 2.45. The van der Waals surface area contributed by atoms with E-state index in [1.165, 1.54) is 12.3 Å². The van der Waals surface area contributed by atoms with Crippen molar-refractivity contribution in [3.63, 3.8) is 0 Å². The topological polar surface area (TPSA) is 34.1 Å². The van der Waals surface area contributed by atoms with Crippen LogP contribution in [-0.4, -0.2) is 30.9 Å². The maximum absolute atomic E-state index is 13.5. The SMILES string of the molecule is CCNC(CCOCC(F)(F)F)c1ccncc1F. The van der Waals surface area contributed by atoms with Crippen LogP contribution in [0.3, 0.4) is 0 Å². The number of nitrogens with zero attached hydrogens (tertiary/aromatic N) is 1. The lowest BCUT2D eigenvalue weighted by Gasteiger charge is -2.19. The van der Waals surface area contributed by atoms with Crippen molar-refractivity contribution in [3.8, 4) is 0 Å². The minimum atomic E-state index is -4.34. The number of hydrogen-bond acceptors (Lipinski definition) is 3. The van der Waals surface area contributed by atoms with Crippen LogP contribution in [0.4, 0.5) is 17.6 Å². The summed E-state index contributed by atoms with van der Waals surface area (Å²) >= 11 is 0. The fraction of sp³-hybridized carbons (Fsp3) is 0.583. The zero-order valence-electron chi connectivity index (χ0n) is 10.5. The van der Waals surface area contributed by atoms with Crippen LogP contribution in [0.15, 0.2) is 18.5 Å². The number of alkyl halides is 3. The van der Waals surface area contributed by atoms with E-state index in [4.69, 9.17) is 0 Å². The number of halogens is 4. The van der Waals surface area contributed by atoms with Crippen molar-refractivity contribution in [1.82, 2.24) is 10.3 Å². The van der Waals surface area contributed by atoms with Crippen LogP contribution in [0, 0.1) is 5.82 Å². The summed E-state index contributed by atoms with van der Waals surface area (Å²) in [5, 5.41) is 3.01. The molecule has 1 rings (SSSR count). The summed E-state index contributed by atoms with van der Waals surface area (Å²) in [4.78, 5) is 3.63. The number of pyridine rings is 1. The highest BCUT2D eigenvalue weighted by molar-refractivity contribution is 5.17. The van der Waals surface area contributed by atoms with E-state index in [1.807, 2.05) is 6.92 Å². The maximum atomic E-state index is 13.5. The second kappa shape index (κ2) is 7.40. The molecule has 7 heteroatoms. The van der Waals surface area contributed by atoms with Gasteiger partial charge in [0.15, 0.2) is 0 Å². The predicted octanol–water partition coefficient (Wildman–Crippen LogP) is 2.84. The van der Waals surface area contributed by atoms with Crippen LogP contribution in [-0.2, 0) is 4.74 Å². The molecule has 0 spiro atoms. The Morgan fingerprint density at radius 2 is 2.16 bits per heavy atom. The molecule has 0 saturated carbocycles. The van der Waals surface area contributed by atoms with Crippen molar-refractivity contribution in [3.05, 3.63) is 29.8 Å². The Balaban J connectivity index is 2.52. The molecule has 0 radical (unpaired) electrons. The minimum absolute atomic E-state index is 0.0983. The molecule has 0 amide bonds. The van der Waals surface area contributed by atoms with Crippen LogP contribution in [0.2, 0.25) is 0 Å². The van der Waals surface area contributed by atoms with Crippen LogP contribution in [0.25, 0.3) is 0 Å². The van der Waals surface area contributed by atoms with E-state index in [9.17, 15) is 17.6 Å². The molecule has 0 saturated heterocycles. The van der Waals surface area contributed by atoms with E-state index in [0.717, 1.165) is 6.20 Å². The van der Waals surface area contributed by atoms with Gasteiger partial charge in [0.2, 0.25) is 0 Å². The molecule has 0 aliphatic rings. The van der Waals surface area contributed by atoms with E-state index >= 15 is 0 Å². The summed E-state index contributed by atoms with van der Waals surface area (Å²) in [5.41, 5.74) is 0.382. The summed E-state index contributed by atoms with van der Waals surface area (Å²) in [6, 6.07) is 1.12. The second-order valence-electron chi connectivity index (χ2n) is 3.96. The molecule has 1 aromatic heterocycles. The van der Waals surface area contributed by atoms with Crippen LogP contribution < -0.4 is 5.32 Å². The zero-order chi connectivity index (χ0) is 14.3. The van der Waals surface area contributed by atoms with E-state index in [0.29, 0.717) is 12.1 Å². The molecule has 3 nitrogen and oxygen atoms in total. The Morgan fingerprint density at radius 3 is 2.74 bits per heavy atom. The first-order valence-corrected chi connectivity index (χ1v) is 5.91. The second-order valence-corrected chi connectivity index (χ2v) is 3.96. The highest BCUT2D eigenvalue weighted by Gasteiger charge is 2.27. The molecule has 1 unspecified atom stereocenters. The largest absolute Gasteiger partial charge is 0.411 e. The first kappa shape index (κ1) is 15.8. The van der Waals surface area contributed by atoms with Gasteiger partial charge < -0.3 is 10.1 Å². The molecule has 19 heavy (non-hydrogen) atoms. The first-order chi connectivity index (χ1) is 8.94. The Kier molecular flexibility index (Phi) is 6.17. The van der Waals surface area contributed by atoms with E-state index in [1.54, 1.807) is 0 Å². The van der Waals surface area contributed by atoms with Gasteiger partial charge in [0.1, 0.15) is 12.4 Å². The van der Waals surface area contributed by atoms with Crippen LogP contribution in [0.1, 0.15) is 24.9 Å². The lowest BCUT2D eigenvalue weighted by atomic mass is 10.1. The molecule has 0 aromatic carbocycles. The van der Waals surface area contributed by atoms with Gasteiger partial charge >= 0.3 is 6.18 Å². The summed E-state index contributed by atoms with van der Waals surface area (Å²) in [6.07, 6.45) is -1.56. The molecule has 1 aromatic rings. The van der Waals surface area contributed by atoms with Crippen molar-refractivity contribution in [1.29, 1.82) is 0 Å². The number of hydrogen-bond donors (Lipinski definition) is 1. The molecule has 0 bridgehead atoms. The molecular weight excluding hydrogens is 264 g/mol. The van der Waals surface area contributed by atoms with Crippen molar-refractivity contribution < 1.29 is 22.3 Å². The Morgan fingerprint density at radius 1 is 1.42 bits per heavy atom. The summed E-state index contributed by atoms with van der Waals surface area (Å²) in [7, 11) is 0. The average molecular weight is 280 g/mol. The Hall–Kier alpha value is -1.21. The van der Waals surface area contributed by atoms with Gasteiger partial charge in [-0.15, -0.1) is 0 Å².